The molecule has 0 N–H and O–H groups in total. The van der Waals surface area contributed by atoms with Gasteiger partial charge in [0.15, 0.2) is 0 Å². The highest BCUT2D eigenvalue weighted by molar-refractivity contribution is 8.20. The molecule has 6 aromatic carbocycles. The van der Waals surface area contributed by atoms with Gasteiger partial charge in [-0.15, -0.1) is 15.6 Å². The summed E-state index contributed by atoms with van der Waals surface area (Å²) in [5.74, 6) is 3.28. The monoisotopic (exact) mass is 2240 g/mol. The first-order valence-electron chi connectivity index (χ1n) is 62.3. The molecule has 12 fully saturated rings. The van der Waals surface area contributed by atoms with Crippen molar-refractivity contribution in [1.82, 2.24) is 18.8 Å². The van der Waals surface area contributed by atoms with Crippen LogP contribution in [0.5, 0.6) is 0 Å². The van der Waals surface area contributed by atoms with Gasteiger partial charge in [0, 0.05) is 50.3 Å². The van der Waals surface area contributed by atoms with Gasteiger partial charge in [0.05, 0.1) is 0 Å². The highest BCUT2D eigenvalue weighted by Gasteiger charge is 2.56. The lowest BCUT2D eigenvalue weighted by Crippen LogP contribution is -2.56. The summed E-state index contributed by atoms with van der Waals surface area (Å²) in [6.07, 6.45) is 61.4. The smallest absolute Gasteiger partial charge is 0.340 e. The van der Waals surface area contributed by atoms with Crippen LogP contribution in [0.3, 0.4) is 0 Å². The van der Waals surface area contributed by atoms with Crippen LogP contribution in [0.15, 0.2) is 194 Å². The zero-order chi connectivity index (χ0) is 106. The molecule has 6 unspecified atom stereocenters. The van der Waals surface area contributed by atoms with Gasteiger partial charge >= 0.3 is 7.12 Å². The van der Waals surface area contributed by atoms with Gasteiger partial charge in [-0.2, -0.15) is 0 Å². The summed E-state index contributed by atoms with van der Waals surface area (Å²) in [7, 11) is 14.8. The van der Waals surface area contributed by atoms with Crippen molar-refractivity contribution in [3.05, 3.63) is 227 Å². The van der Waals surface area contributed by atoms with Crippen molar-refractivity contribution in [2.45, 2.75) is 530 Å². The molecule has 0 aliphatic carbocycles. The molecule has 12 aliphatic heterocycles. The maximum Gasteiger partial charge on any atom is 0.410 e. The SMILES string of the molecule is C=C(P1[C@H](CC)CC[C@H]1CC)P1[C@H](CC)CC[C@H]1CC.CCC1CC[C@@H](CC)P1N(B(N(C)C)N(C)C)P1C(CC)CC[C@H]1CC.CC[C@@H]1CC[C@@H](CC)P1B(N(C)C)P1[C@H](CC)CC[C@H]1CC.CC[C@@H]1CC[C@@H](CC)P1CP1[C@H](CC)CC[C@H]1CC.CC[C@@H]1CC[C@@H](c2ccccc2)P1CP1[C@H](CC)CC[C@H]1c1ccccc1.c1ccc([C@@H]2CC[C@@H](c3ccccc3)P2OP2[C@H](c3ccccc3)CC[C@H]2c2ccccc2)cc1. The van der Waals surface area contributed by atoms with E-state index < -0.39 is 16.3 Å². The Morgan fingerprint density at radius 2 is 0.409 bits per heavy atom. The summed E-state index contributed by atoms with van der Waals surface area (Å²) < 4.78 is 10.7. The molecule has 28 atom stereocenters. The molecule has 5 nitrogen and oxygen atoms in total. The molecular weight excluding hydrogens is 2030 g/mol. The normalized spacial score (nSPS) is 32.7. The van der Waals surface area contributed by atoms with Crippen molar-refractivity contribution in [3.63, 3.8) is 0 Å². The largest absolute Gasteiger partial charge is 0.410 e. The molecule has 6 aromatic rings. The highest BCUT2D eigenvalue weighted by atomic mass is 31.2. The van der Waals surface area contributed by atoms with Crippen LogP contribution in [0.2, 0.25) is 0 Å². The maximum atomic E-state index is 7.57. The molecule has 0 radical (unpaired) electrons. The lowest BCUT2D eigenvalue weighted by molar-refractivity contribution is 0.484. The van der Waals surface area contributed by atoms with E-state index in [-0.39, 0.29) is 63.4 Å². The fourth-order valence-electron chi connectivity index (χ4n) is 30.7. The van der Waals surface area contributed by atoms with E-state index in [1.54, 1.807) is 48.6 Å². The number of rotatable bonds is 40. The van der Waals surface area contributed by atoms with Crippen LogP contribution in [-0.2, 0) is 4.31 Å². The Hall–Kier alpha value is 0.150. The maximum absolute atomic E-state index is 7.57. The Kier molecular flexibility index (Phi) is 55.0. The molecule has 19 heteroatoms. The summed E-state index contributed by atoms with van der Waals surface area (Å²) in [5, 5.41) is 1.81. The Balaban J connectivity index is 0.000000151. The average molecular weight is 2240 g/mol. The minimum Gasteiger partial charge on any atom is -0.340 e. The summed E-state index contributed by atoms with van der Waals surface area (Å²) in [4.78, 5) is 7.70. The summed E-state index contributed by atoms with van der Waals surface area (Å²) in [6.45, 7) is 48.8. The minimum atomic E-state index is -0.641. The standard InChI is InChI=1S/C32H32OP2.C25H34P2.C20H44BN3P2.C18H38BNP2.C18H34P2.C17H34P2/c1-5-13-25(14-6-1)29-21-22-30(26-15-7-2-8-16-26)34(29)33-35-31(27-17-9-3-10-18-27)23-24-32(35)28-19-11-4-12-20-28;1-3-22-15-17-24(20-11-7-5-8-12-20)26(22)19-27-23(4-2)16-18-25(27)21-13-9-6-10-14-21;1-9-17-13-14-18(10-2)25(17)24(21(22(5)6)23(7)8)26-19(11-3)15-16-20(26)12-4;1-7-15-11-12-16(8-2)21(15)19(20(5)6)22-17(9-3)13-14-18(22)10-4;1-6-15-10-11-16(7-2)19(15)14(5)20-17(8-3)12-13-18(20)9-4;1-5-14-9-10-15(6-2)18(14)13-19-16(7-3)11-12-17(19)8-4/h1-20,29-32H,21-24H2;5-14,22-25H,3-4,15-19H2,1-2H3;17-20H,9-16H2,1-8H3;15-18H,7-14H2,1-6H3;15-18H,5-13H2,1-4H3;14-17H,5-13H2,1-4H3/t29-,30-,31-,32-;22-,23-,24+,25+,26?,27?;17-,18?,19-,20?,25?,26?;2*15-,16-,17-,18-;14-,15-,16-,17-/m011111/s1. The Bertz CT molecular complexity index is 4190. The van der Waals surface area contributed by atoms with Crippen LogP contribution in [0.25, 0.3) is 0 Å². The van der Waals surface area contributed by atoms with E-state index >= 15 is 0 Å². The van der Waals surface area contributed by atoms with Crippen molar-refractivity contribution in [1.29, 1.82) is 0 Å². The van der Waals surface area contributed by atoms with Gasteiger partial charge in [-0.25, -0.2) is 0 Å². The molecule has 828 valence electrons. The van der Waals surface area contributed by atoms with Crippen molar-refractivity contribution in [3.8, 4) is 0 Å². The number of nitrogens with zero attached hydrogens (tertiary/aromatic N) is 4. The molecule has 18 rings (SSSR count). The average Bonchev–Trinajstić information content (AvgIpc) is 1.65. The molecule has 149 heavy (non-hydrogen) atoms. The predicted molar refractivity (Wildman–Crippen MR) is 697 cm³/mol. The molecule has 0 bridgehead atoms. The Labute approximate surface area is 935 Å². The van der Waals surface area contributed by atoms with E-state index in [2.05, 4.69) is 368 Å². The van der Waals surface area contributed by atoms with E-state index in [1.807, 2.05) is 5.06 Å². The first-order valence-corrected chi connectivity index (χ1v) is 80.7. The van der Waals surface area contributed by atoms with Crippen LogP contribution in [0.1, 0.15) is 462 Å². The number of hydrogen-bond acceptors (Lipinski definition) is 5. The van der Waals surface area contributed by atoms with Crippen molar-refractivity contribution in [2.75, 3.05) is 54.1 Å². The van der Waals surface area contributed by atoms with Crippen molar-refractivity contribution in [2.24, 2.45) is 0 Å². The molecular formula is C130H216B2N4OP12. The second-order valence-corrected chi connectivity index (χ2v) is 81.8. The van der Waals surface area contributed by atoms with E-state index in [0.29, 0.717) is 45.6 Å². The molecule has 12 heterocycles. The third-order valence-corrected chi connectivity index (χ3v) is 88.1. The summed E-state index contributed by atoms with van der Waals surface area (Å²) >= 11 is 0. The molecule has 0 aromatic heterocycles. The van der Waals surface area contributed by atoms with Crippen molar-refractivity contribution < 1.29 is 4.31 Å². The quantitative estimate of drug-likeness (QED) is 0.0282. The van der Waals surface area contributed by atoms with E-state index in [9.17, 15) is 0 Å². The fourth-order valence-corrected chi connectivity index (χ4v) is 87.4. The third kappa shape index (κ3) is 31.7. The molecule has 0 amide bonds. The molecule has 0 spiro atoms. The van der Waals surface area contributed by atoms with E-state index in [0.717, 1.165) is 119 Å². The first kappa shape index (κ1) is 126. The summed E-state index contributed by atoms with van der Waals surface area (Å²) in [5.41, 5.74) is 31.5. The van der Waals surface area contributed by atoms with Crippen LogP contribution < -0.4 is 0 Å². The van der Waals surface area contributed by atoms with E-state index in [4.69, 9.17) is 10.9 Å². The zero-order valence-corrected chi connectivity index (χ0v) is 110. The van der Waals surface area contributed by atoms with Crippen LogP contribution in [-0.4, -0.2) is 188 Å². The molecule has 12 saturated heterocycles. The summed E-state index contributed by atoms with van der Waals surface area (Å²) in [6, 6.07) is 67.7. The molecule has 0 saturated carbocycles. The van der Waals surface area contributed by atoms with Crippen LogP contribution >= 0.6 is 95.6 Å². The Morgan fingerprint density at radius 3 is 0.624 bits per heavy atom. The second kappa shape index (κ2) is 65.0. The van der Waals surface area contributed by atoms with E-state index in [1.165, 1.54) is 266 Å². The highest BCUT2D eigenvalue weighted by Crippen LogP contribution is 2.85. The van der Waals surface area contributed by atoms with Gasteiger partial charge in [-0.1, -0.05) is 361 Å². The van der Waals surface area contributed by atoms with Gasteiger partial charge in [-0.3, -0.25) is 4.35 Å². The lowest BCUT2D eigenvalue weighted by Gasteiger charge is -2.50. The third-order valence-electron chi connectivity index (χ3n) is 38.9. The van der Waals surface area contributed by atoms with Gasteiger partial charge in [0.1, 0.15) is 0 Å². The van der Waals surface area contributed by atoms with Gasteiger partial charge in [-0.05, 0) is 480 Å². The van der Waals surface area contributed by atoms with Crippen LogP contribution in [0.4, 0.5) is 0 Å². The predicted octanol–water partition coefficient (Wildman–Crippen LogP) is 44.7. The van der Waals surface area contributed by atoms with Gasteiger partial charge in [0.2, 0.25) is 0 Å². The van der Waals surface area contributed by atoms with Gasteiger partial charge < -0.3 is 18.7 Å². The number of benzene rings is 6. The fraction of sp³-hybridized carbons (Fsp3) is 0.708. The second-order valence-electron chi connectivity index (χ2n) is 47.5. The molecule has 12 aliphatic rings. The first-order chi connectivity index (χ1) is 72.6. The Morgan fingerprint density at radius 1 is 0.228 bits per heavy atom. The van der Waals surface area contributed by atoms with Crippen LogP contribution in [0, 0.1) is 0 Å². The topological polar surface area (TPSA) is 22.2 Å². The lowest BCUT2D eigenvalue weighted by atomic mass is 9.92. The van der Waals surface area contributed by atoms with Gasteiger partial charge in [0.25, 0.3) is 6.29 Å². The van der Waals surface area contributed by atoms with Crippen molar-refractivity contribution >= 4 is 109 Å². The number of hydrogen-bond donors (Lipinski definition) is 0. The minimum absolute atomic E-state index is 0.0368. The zero-order valence-electron chi connectivity index (χ0n) is 99.2.